The molecule has 0 unspecified atom stereocenters. The van der Waals surface area contributed by atoms with Gasteiger partial charge < -0.3 is 14.7 Å². The first-order chi connectivity index (χ1) is 11.8. The molecule has 1 aliphatic heterocycles. The largest absolute Gasteiger partial charge is 0.495 e. The number of nitrogens with one attached hydrogen (secondary N) is 2. The molecule has 0 aliphatic carbocycles. The molecule has 0 atom stereocenters. The number of para-hydroxylation sites is 1. The molecular formula is C19H24BFN2O2. The minimum Gasteiger partial charge on any atom is -0.399 e. The molecule has 2 aromatic carbocycles. The summed E-state index contributed by atoms with van der Waals surface area (Å²) in [6, 6.07) is 14.5. The summed E-state index contributed by atoms with van der Waals surface area (Å²) >= 11 is 0. The number of benzene rings is 2. The molecule has 0 saturated carbocycles. The van der Waals surface area contributed by atoms with Gasteiger partial charge in [-0.3, -0.25) is 0 Å². The van der Waals surface area contributed by atoms with E-state index in [2.05, 4.69) is 10.9 Å². The van der Waals surface area contributed by atoms with E-state index in [1.54, 1.807) is 6.07 Å². The molecule has 1 heterocycles. The molecule has 1 saturated heterocycles. The second kappa shape index (κ2) is 6.79. The summed E-state index contributed by atoms with van der Waals surface area (Å²) < 4.78 is 26.0. The Balaban J connectivity index is 1.75. The minimum atomic E-state index is -0.589. The summed E-state index contributed by atoms with van der Waals surface area (Å²) in [7, 11) is -0.589. The lowest BCUT2D eigenvalue weighted by Crippen LogP contribution is -2.41. The molecule has 0 aromatic heterocycles. The lowest BCUT2D eigenvalue weighted by molar-refractivity contribution is 0.00578. The second-order valence-corrected chi connectivity index (χ2v) is 7.28. The van der Waals surface area contributed by atoms with Crippen molar-refractivity contribution in [1.29, 1.82) is 0 Å². The normalized spacial score (nSPS) is 18.4. The van der Waals surface area contributed by atoms with Gasteiger partial charge >= 0.3 is 7.12 Å². The summed E-state index contributed by atoms with van der Waals surface area (Å²) in [4.78, 5) is 0. The van der Waals surface area contributed by atoms with E-state index in [1.165, 1.54) is 12.1 Å². The maximum atomic E-state index is 13.8. The van der Waals surface area contributed by atoms with Crippen molar-refractivity contribution in [2.45, 2.75) is 45.4 Å². The number of rotatable bonds is 5. The van der Waals surface area contributed by atoms with E-state index in [-0.39, 0.29) is 5.82 Å². The molecule has 0 spiro atoms. The lowest BCUT2D eigenvalue weighted by atomic mass is 9.76. The fourth-order valence-electron chi connectivity index (χ4n) is 2.68. The number of hydrogen-bond donors (Lipinski definition) is 2. The van der Waals surface area contributed by atoms with Crippen LogP contribution in [-0.4, -0.2) is 18.3 Å². The fraction of sp³-hybridized carbons (Fsp3) is 0.368. The SMILES string of the molecule is CC1(C)OB(c2cc(F)ccc2CNNc2ccccc2)OC1(C)C. The second-order valence-electron chi connectivity index (χ2n) is 7.28. The van der Waals surface area contributed by atoms with Gasteiger partial charge in [0.05, 0.1) is 11.2 Å². The van der Waals surface area contributed by atoms with Crippen molar-refractivity contribution in [3.8, 4) is 0 Å². The molecule has 132 valence electrons. The zero-order chi connectivity index (χ0) is 18.1. The summed E-state index contributed by atoms with van der Waals surface area (Å²) in [5.74, 6) is -0.301. The van der Waals surface area contributed by atoms with Crippen LogP contribution in [0, 0.1) is 5.82 Å². The van der Waals surface area contributed by atoms with Crippen LogP contribution in [0.25, 0.3) is 0 Å². The molecule has 4 nitrogen and oxygen atoms in total. The van der Waals surface area contributed by atoms with Crippen LogP contribution in [0.4, 0.5) is 10.1 Å². The Morgan fingerprint density at radius 2 is 1.60 bits per heavy atom. The highest BCUT2D eigenvalue weighted by molar-refractivity contribution is 6.62. The quantitative estimate of drug-likeness (QED) is 0.647. The Morgan fingerprint density at radius 3 is 2.24 bits per heavy atom. The van der Waals surface area contributed by atoms with E-state index in [0.717, 1.165) is 11.3 Å². The molecule has 6 heteroatoms. The summed E-state index contributed by atoms with van der Waals surface area (Å²) in [5.41, 5.74) is 7.96. The third kappa shape index (κ3) is 3.87. The fourth-order valence-corrected chi connectivity index (χ4v) is 2.68. The smallest absolute Gasteiger partial charge is 0.399 e. The molecule has 1 aliphatic rings. The van der Waals surface area contributed by atoms with Gasteiger partial charge in [0.25, 0.3) is 0 Å². The molecule has 1 fully saturated rings. The van der Waals surface area contributed by atoms with Gasteiger partial charge in [-0.05, 0) is 63.0 Å². The van der Waals surface area contributed by atoms with Crippen molar-refractivity contribution in [2.75, 3.05) is 5.43 Å². The highest BCUT2D eigenvalue weighted by Crippen LogP contribution is 2.36. The van der Waals surface area contributed by atoms with Crippen LogP contribution in [0.2, 0.25) is 0 Å². The summed E-state index contributed by atoms with van der Waals surface area (Å²) in [6.07, 6.45) is 0. The predicted molar refractivity (Wildman–Crippen MR) is 99.0 cm³/mol. The standard InChI is InChI=1S/C19H24BFN2O2/c1-18(2)19(3,4)25-20(24-18)17-12-15(21)11-10-14(17)13-22-23-16-8-6-5-7-9-16/h5-12,22-23H,13H2,1-4H3. The zero-order valence-corrected chi connectivity index (χ0v) is 15.1. The van der Waals surface area contributed by atoms with Gasteiger partial charge in [-0.25, -0.2) is 9.82 Å². The predicted octanol–water partition coefficient (Wildman–Crippen LogP) is 3.24. The van der Waals surface area contributed by atoms with Crippen LogP contribution in [0.1, 0.15) is 33.3 Å². The Morgan fingerprint density at radius 1 is 0.960 bits per heavy atom. The molecule has 25 heavy (non-hydrogen) atoms. The van der Waals surface area contributed by atoms with Crippen molar-refractivity contribution in [2.24, 2.45) is 0 Å². The maximum absolute atomic E-state index is 13.8. The Bertz CT molecular complexity index is 721. The van der Waals surface area contributed by atoms with Crippen molar-refractivity contribution in [1.82, 2.24) is 5.43 Å². The third-order valence-electron chi connectivity index (χ3n) is 4.90. The lowest BCUT2D eigenvalue weighted by Gasteiger charge is -2.32. The van der Waals surface area contributed by atoms with Crippen molar-refractivity contribution in [3.63, 3.8) is 0 Å². The Kier molecular flexibility index (Phi) is 4.87. The maximum Gasteiger partial charge on any atom is 0.495 e. The molecule has 0 amide bonds. The monoisotopic (exact) mass is 342 g/mol. The molecule has 0 radical (unpaired) electrons. The van der Waals surface area contributed by atoms with E-state index in [4.69, 9.17) is 9.31 Å². The van der Waals surface area contributed by atoms with Gasteiger partial charge in [0.1, 0.15) is 5.82 Å². The van der Waals surface area contributed by atoms with Crippen molar-refractivity contribution in [3.05, 3.63) is 59.9 Å². The van der Waals surface area contributed by atoms with Crippen molar-refractivity contribution >= 4 is 18.3 Å². The van der Waals surface area contributed by atoms with Crippen LogP contribution >= 0.6 is 0 Å². The van der Waals surface area contributed by atoms with Crippen LogP contribution < -0.4 is 16.3 Å². The first-order valence-electron chi connectivity index (χ1n) is 8.46. The average molecular weight is 342 g/mol. The highest BCUT2D eigenvalue weighted by atomic mass is 19.1. The van der Waals surface area contributed by atoms with Gasteiger partial charge in [0.15, 0.2) is 0 Å². The first-order valence-corrected chi connectivity index (χ1v) is 8.46. The number of hydrazine groups is 1. The molecule has 2 aromatic rings. The molecular weight excluding hydrogens is 318 g/mol. The van der Waals surface area contributed by atoms with Crippen LogP contribution in [0.5, 0.6) is 0 Å². The number of anilines is 1. The third-order valence-corrected chi connectivity index (χ3v) is 4.90. The number of hydrogen-bond acceptors (Lipinski definition) is 4. The van der Waals surface area contributed by atoms with E-state index < -0.39 is 18.3 Å². The van der Waals surface area contributed by atoms with Gasteiger partial charge in [-0.2, -0.15) is 0 Å². The Hall–Kier alpha value is -1.89. The number of halogens is 1. The summed E-state index contributed by atoms with van der Waals surface area (Å²) in [5, 5.41) is 0. The molecule has 2 N–H and O–H groups in total. The van der Waals surface area contributed by atoms with Gasteiger partial charge in [0, 0.05) is 12.2 Å². The van der Waals surface area contributed by atoms with Gasteiger partial charge in [-0.15, -0.1) is 0 Å². The first kappa shape index (κ1) is 17.9. The summed E-state index contributed by atoms with van der Waals surface area (Å²) in [6.45, 7) is 8.46. The van der Waals surface area contributed by atoms with E-state index in [1.807, 2.05) is 58.0 Å². The highest BCUT2D eigenvalue weighted by Gasteiger charge is 2.52. The van der Waals surface area contributed by atoms with Crippen LogP contribution in [0.15, 0.2) is 48.5 Å². The molecule has 0 bridgehead atoms. The molecule has 3 rings (SSSR count). The van der Waals surface area contributed by atoms with Crippen molar-refractivity contribution < 1.29 is 13.7 Å². The topological polar surface area (TPSA) is 42.5 Å². The van der Waals surface area contributed by atoms with E-state index in [0.29, 0.717) is 12.0 Å². The zero-order valence-electron chi connectivity index (χ0n) is 15.1. The van der Waals surface area contributed by atoms with Crippen LogP contribution in [-0.2, 0) is 15.9 Å². The minimum absolute atomic E-state index is 0.301. The van der Waals surface area contributed by atoms with Crippen LogP contribution in [0.3, 0.4) is 0 Å². The van der Waals surface area contributed by atoms with Gasteiger partial charge in [0.2, 0.25) is 0 Å². The average Bonchev–Trinajstić information content (AvgIpc) is 2.78. The van der Waals surface area contributed by atoms with E-state index in [9.17, 15) is 4.39 Å². The Labute approximate surface area is 148 Å². The van der Waals surface area contributed by atoms with Gasteiger partial charge in [-0.1, -0.05) is 24.3 Å². The van der Waals surface area contributed by atoms with E-state index >= 15 is 0 Å².